The zero-order valence-electron chi connectivity index (χ0n) is 6.85. The molecule has 0 fully saturated rings. The monoisotopic (exact) mass is 138 g/mol. The molecule has 0 radical (unpaired) electrons. The molecule has 1 heteroatoms. The molecule has 1 atom stereocenters. The van der Waals surface area contributed by atoms with Crippen molar-refractivity contribution in [2.45, 2.75) is 33.1 Å². The molecule has 0 amide bonds. The van der Waals surface area contributed by atoms with Crippen LogP contribution in [0.25, 0.3) is 0 Å². The third-order valence-corrected chi connectivity index (χ3v) is 1.86. The van der Waals surface area contributed by atoms with Crippen LogP contribution in [0.2, 0.25) is 0 Å². The van der Waals surface area contributed by atoms with Crippen LogP contribution in [0.4, 0.5) is 0 Å². The predicted octanol–water partition coefficient (Wildman–Crippen LogP) is 3.10. The lowest BCUT2D eigenvalue weighted by Crippen LogP contribution is -1.86. The van der Waals surface area contributed by atoms with Gasteiger partial charge in [0.25, 0.3) is 0 Å². The summed E-state index contributed by atoms with van der Waals surface area (Å²) in [4.78, 5) is 0. The summed E-state index contributed by atoms with van der Waals surface area (Å²) >= 11 is 0. The normalized spacial score (nSPS) is 13.5. The molecule has 1 nitrogen and oxygen atoms in total. The van der Waals surface area contributed by atoms with Crippen LogP contribution < -0.4 is 0 Å². The van der Waals surface area contributed by atoms with Gasteiger partial charge in [0.15, 0.2) is 0 Å². The molecule has 0 aliphatic rings. The van der Waals surface area contributed by atoms with Crippen molar-refractivity contribution in [2.75, 3.05) is 0 Å². The quantitative estimate of drug-likeness (QED) is 0.612. The van der Waals surface area contributed by atoms with Gasteiger partial charge in [0.1, 0.15) is 11.5 Å². The highest BCUT2D eigenvalue weighted by molar-refractivity contribution is 5.08. The van der Waals surface area contributed by atoms with E-state index in [0.717, 1.165) is 17.9 Å². The van der Waals surface area contributed by atoms with Gasteiger partial charge in [0.05, 0.1) is 0 Å². The van der Waals surface area contributed by atoms with Gasteiger partial charge in [-0.05, 0) is 25.5 Å². The van der Waals surface area contributed by atoms with Crippen LogP contribution >= 0.6 is 0 Å². The van der Waals surface area contributed by atoms with Gasteiger partial charge in [-0.15, -0.1) is 0 Å². The number of hydrogen-bond acceptors (Lipinski definition) is 1. The second-order valence-electron chi connectivity index (χ2n) is 2.76. The van der Waals surface area contributed by atoms with Crippen LogP contribution in [0, 0.1) is 6.92 Å². The van der Waals surface area contributed by atoms with Gasteiger partial charge in [-0.2, -0.15) is 0 Å². The van der Waals surface area contributed by atoms with Crippen molar-refractivity contribution in [1.29, 1.82) is 0 Å². The van der Waals surface area contributed by atoms with Crippen molar-refractivity contribution < 1.29 is 4.42 Å². The van der Waals surface area contributed by atoms with E-state index in [2.05, 4.69) is 19.9 Å². The molecule has 56 valence electrons. The number of hydrogen-bond donors (Lipinski definition) is 0. The molecule has 0 saturated carbocycles. The molecule has 0 saturated heterocycles. The molecule has 0 spiro atoms. The largest absolute Gasteiger partial charge is 0.466 e. The number of furan rings is 1. The van der Waals surface area contributed by atoms with Crippen LogP contribution in [0.3, 0.4) is 0 Å². The van der Waals surface area contributed by atoms with Crippen molar-refractivity contribution in [3.8, 4) is 0 Å². The lowest BCUT2D eigenvalue weighted by Gasteiger charge is -2.01. The molecule has 0 aliphatic heterocycles. The Kier molecular flexibility index (Phi) is 2.15. The molecule has 1 aromatic heterocycles. The zero-order chi connectivity index (χ0) is 7.56. The highest BCUT2D eigenvalue weighted by Gasteiger charge is 2.05. The molecule has 1 aromatic rings. The molecular weight excluding hydrogens is 124 g/mol. The van der Waals surface area contributed by atoms with Crippen LogP contribution in [0.5, 0.6) is 0 Å². The minimum absolute atomic E-state index is 0.564. The Morgan fingerprint density at radius 1 is 1.50 bits per heavy atom. The molecule has 0 bridgehead atoms. The first kappa shape index (κ1) is 7.39. The van der Waals surface area contributed by atoms with E-state index < -0.39 is 0 Å². The third kappa shape index (κ3) is 1.41. The summed E-state index contributed by atoms with van der Waals surface area (Å²) in [6.07, 6.45) is 1.15. The lowest BCUT2D eigenvalue weighted by atomic mass is 10.1. The summed E-state index contributed by atoms with van der Waals surface area (Å²) in [7, 11) is 0. The van der Waals surface area contributed by atoms with Crippen molar-refractivity contribution in [1.82, 2.24) is 0 Å². The maximum absolute atomic E-state index is 5.44. The summed E-state index contributed by atoms with van der Waals surface area (Å²) in [5.41, 5.74) is 0. The first-order valence-electron chi connectivity index (χ1n) is 3.80. The van der Waals surface area contributed by atoms with E-state index in [9.17, 15) is 0 Å². The summed E-state index contributed by atoms with van der Waals surface area (Å²) in [6, 6.07) is 4.07. The Morgan fingerprint density at radius 2 is 2.20 bits per heavy atom. The molecular formula is C9H14O. The van der Waals surface area contributed by atoms with Gasteiger partial charge < -0.3 is 4.42 Å². The predicted molar refractivity (Wildman–Crippen MR) is 42.2 cm³/mol. The number of aryl methyl sites for hydroxylation is 1. The van der Waals surface area contributed by atoms with Crippen molar-refractivity contribution >= 4 is 0 Å². The van der Waals surface area contributed by atoms with Gasteiger partial charge >= 0.3 is 0 Å². The Labute approximate surface area is 62.1 Å². The third-order valence-electron chi connectivity index (χ3n) is 1.86. The van der Waals surface area contributed by atoms with Gasteiger partial charge in [-0.1, -0.05) is 13.8 Å². The number of rotatable bonds is 2. The standard InChI is InChI=1S/C9H14O/c1-4-7(2)9-6-5-8(3)10-9/h5-7H,4H2,1-3H3/t7-/m1/s1. The molecule has 10 heavy (non-hydrogen) atoms. The topological polar surface area (TPSA) is 13.1 Å². The first-order valence-corrected chi connectivity index (χ1v) is 3.80. The highest BCUT2D eigenvalue weighted by Crippen LogP contribution is 2.20. The van der Waals surface area contributed by atoms with E-state index in [-0.39, 0.29) is 0 Å². The minimum atomic E-state index is 0.564. The SMILES string of the molecule is CC[C@@H](C)c1ccc(C)o1. The maximum Gasteiger partial charge on any atom is 0.106 e. The van der Waals surface area contributed by atoms with Crippen LogP contribution in [-0.2, 0) is 0 Å². The van der Waals surface area contributed by atoms with Crippen LogP contribution in [-0.4, -0.2) is 0 Å². The molecule has 1 heterocycles. The maximum atomic E-state index is 5.44. The van der Waals surface area contributed by atoms with E-state index in [1.807, 2.05) is 13.0 Å². The van der Waals surface area contributed by atoms with Crippen molar-refractivity contribution in [3.05, 3.63) is 23.7 Å². The average Bonchev–Trinajstić information content (AvgIpc) is 2.34. The molecule has 1 rings (SSSR count). The van der Waals surface area contributed by atoms with E-state index in [4.69, 9.17) is 4.42 Å². The van der Waals surface area contributed by atoms with Gasteiger partial charge in [0.2, 0.25) is 0 Å². The van der Waals surface area contributed by atoms with Crippen LogP contribution in [0.1, 0.15) is 37.7 Å². The van der Waals surface area contributed by atoms with Crippen molar-refractivity contribution in [2.24, 2.45) is 0 Å². The second-order valence-corrected chi connectivity index (χ2v) is 2.76. The summed E-state index contributed by atoms with van der Waals surface area (Å²) in [5.74, 6) is 2.68. The zero-order valence-corrected chi connectivity index (χ0v) is 6.85. The fourth-order valence-electron chi connectivity index (χ4n) is 0.919. The van der Waals surface area contributed by atoms with Crippen molar-refractivity contribution in [3.63, 3.8) is 0 Å². The Hall–Kier alpha value is -0.720. The second kappa shape index (κ2) is 2.91. The Morgan fingerprint density at radius 3 is 2.60 bits per heavy atom. The fourth-order valence-corrected chi connectivity index (χ4v) is 0.919. The molecule has 0 unspecified atom stereocenters. The van der Waals surface area contributed by atoms with E-state index in [1.165, 1.54) is 0 Å². The molecule has 0 aromatic carbocycles. The minimum Gasteiger partial charge on any atom is -0.466 e. The van der Waals surface area contributed by atoms with Crippen LogP contribution in [0.15, 0.2) is 16.5 Å². The summed E-state index contributed by atoms with van der Waals surface area (Å²) in [6.45, 7) is 6.33. The highest BCUT2D eigenvalue weighted by atomic mass is 16.3. The Bertz CT molecular complexity index is 200. The molecule has 0 aliphatic carbocycles. The van der Waals surface area contributed by atoms with E-state index in [0.29, 0.717) is 5.92 Å². The fraction of sp³-hybridized carbons (Fsp3) is 0.556. The van der Waals surface area contributed by atoms with E-state index in [1.54, 1.807) is 0 Å². The molecule has 0 N–H and O–H groups in total. The van der Waals surface area contributed by atoms with Gasteiger partial charge in [0, 0.05) is 5.92 Å². The summed E-state index contributed by atoms with van der Waals surface area (Å²) in [5, 5.41) is 0. The smallest absolute Gasteiger partial charge is 0.106 e. The lowest BCUT2D eigenvalue weighted by molar-refractivity contribution is 0.449. The van der Waals surface area contributed by atoms with E-state index >= 15 is 0 Å². The van der Waals surface area contributed by atoms with Gasteiger partial charge in [-0.25, -0.2) is 0 Å². The average molecular weight is 138 g/mol. The van der Waals surface area contributed by atoms with Gasteiger partial charge in [-0.3, -0.25) is 0 Å². The first-order chi connectivity index (χ1) is 4.74. The Balaban J connectivity index is 2.74. The summed E-state index contributed by atoms with van der Waals surface area (Å²) < 4.78 is 5.44.